The van der Waals surface area contributed by atoms with Gasteiger partial charge in [-0.25, -0.2) is 0 Å². The van der Waals surface area contributed by atoms with Crippen molar-refractivity contribution >= 4 is 35.9 Å². The minimum atomic E-state index is -0.0723. The van der Waals surface area contributed by atoms with Crippen LogP contribution in [0.4, 0.5) is 0 Å². The quantitative estimate of drug-likeness (QED) is 0.307. The number of aryl methyl sites for hydroxylation is 1. The van der Waals surface area contributed by atoms with Gasteiger partial charge in [0, 0.05) is 26.7 Å². The average molecular weight is 475 g/mol. The lowest BCUT2D eigenvalue weighted by Crippen LogP contribution is -2.46. The Hall–Kier alpha value is -1.51. The van der Waals surface area contributed by atoms with Crippen molar-refractivity contribution in [2.75, 3.05) is 33.9 Å². The standard InChI is InChI=1S/C19H29N3O3.HI/c1-5-25-18(23)16-6-8-22(9-7-16)19(20-3)21-13-15-10-14(2)11-17(12-15)24-4;/h10-12,16H,5-9,13H2,1-4H3,(H,20,21);1H. The Morgan fingerprint density at radius 2 is 2.00 bits per heavy atom. The van der Waals surface area contributed by atoms with Crippen LogP contribution in [0.5, 0.6) is 5.75 Å². The van der Waals surface area contributed by atoms with Gasteiger partial charge in [0.25, 0.3) is 0 Å². The number of nitrogens with one attached hydrogen (secondary N) is 1. The molecule has 0 spiro atoms. The minimum absolute atomic E-state index is 0. The van der Waals surface area contributed by atoms with Gasteiger partial charge in [-0.05, 0) is 49.9 Å². The summed E-state index contributed by atoms with van der Waals surface area (Å²) in [6, 6.07) is 6.18. The normalized spacial score (nSPS) is 15.2. The third kappa shape index (κ3) is 6.34. The second kappa shape index (κ2) is 11.3. The number of benzene rings is 1. The molecule has 1 fully saturated rings. The van der Waals surface area contributed by atoms with E-state index in [-0.39, 0.29) is 35.9 Å². The maximum absolute atomic E-state index is 11.8. The van der Waals surface area contributed by atoms with Crippen LogP contribution < -0.4 is 10.1 Å². The first-order valence-electron chi connectivity index (χ1n) is 8.84. The second-order valence-electron chi connectivity index (χ2n) is 6.27. The van der Waals surface area contributed by atoms with Crippen molar-refractivity contribution in [1.82, 2.24) is 10.2 Å². The number of aliphatic imine (C=N–C) groups is 1. The van der Waals surface area contributed by atoms with E-state index in [1.165, 1.54) is 5.56 Å². The number of hydrogen-bond acceptors (Lipinski definition) is 4. The van der Waals surface area contributed by atoms with E-state index in [4.69, 9.17) is 9.47 Å². The predicted octanol–water partition coefficient (Wildman–Crippen LogP) is 2.97. The summed E-state index contributed by atoms with van der Waals surface area (Å²) >= 11 is 0. The van der Waals surface area contributed by atoms with Gasteiger partial charge in [-0.15, -0.1) is 24.0 Å². The lowest BCUT2D eigenvalue weighted by atomic mass is 9.97. The Morgan fingerprint density at radius 1 is 1.31 bits per heavy atom. The summed E-state index contributed by atoms with van der Waals surface area (Å²) in [5, 5.41) is 3.41. The number of piperidine rings is 1. The predicted molar refractivity (Wildman–Crippen MR) is 114 cm³/mol. The van der Waals surface area contributed by atoms with Crippen molar-refractivity contribution in [3.63, 3.8) is 0 Å². The van der Waals surface area contributed by atoms with Crippen LogP contribution >= 0.6 is 24.0 Å². The third-order valence-corrected chi connectivity index (χ3v) is 4.42. The molecule has 1 aliphatic heterocycles. The molecule has 0 amide bonds. The molecule has 0 aromatic heterocycles. The molecule has 2 rings (SSSR count). The highest BCUT2D eigenvalue weighted by molar-refractivity contribution is 14.0. The van der Waals surface area contributed by atoms with E-state index in [0.29, 0.717) is 13.2 Å². The van der Waals surface area contributed by atoms with Crippen molar-refractivity contribution in [2.45, 2.75) is 33.2 Å². The minimum Gasteiger partial charge on any atom is -0.497 e. The van der Waals surface area contributed by atoms with Gasteiger partial charge in [-0.1, -0.05) is 6.07 Å². The van der Waals surface area contributed by atoms with Crippen molar-refractivity contribution < 1.29 is 14.3 Å². The summed E-state index contributed by atoms with van der Waals surface area (Å²) in [5.41, 5.74) is 2.32. The van der Waals surface area contributed by atoms with E-state index in [1.54, 1.807) is 14.2 Å². The van der Waals surface area contributed by atoms with Gasteiger partial charge < -0.3 is 19.7 Å². The number of ether oxygens (including phenoxy) is 2. The lowest BCUT2D eigenvalue weighted by molar-refractivity contribution is -0.149. The molecule has 1 aromatic carbocycles. The monoisotopic (exact) mass is 475 g/mol. The topological polar surface area (TPSA) is 63.2 Å². The fourth-order valence-corrected chi connectivity index (χ4v) is 3.14. The first kappa shape index (κ1) is 22.5. The van der Waals surface area contributed by atoms with Gasteiger partial charge in [0.1, 0.15) is 5.75 Å². The van der Waals surface area contributed by atoms with Crippen molar-refractivity contribution in [1.29, 1.82) is 0 Å². The first-order chi connectivity index (χ1) is 12.1. The number of rotatable bonds is 5. The van der Waals surface area contributed by atoms with Crippen molar-refractivity contribution in [3.8, 4) is 5.75 Å². The molecule has 1 aromatic rings. The van der Waals surface area contributed by atoms with Gasteiger partial charge >= 0.3 is 5.97 Å². The molecule has 0 bridgehead atoms. The SMILES string of the molecule is CCOC(=O)C1CCN(C(=NC)NCc2cc(C)cc(OC)c2)CC1.I. The molecule has 7 heteroatoms. The van der Waals surface area contributed by atoms with E-state index in [0.717, 1.165) is 43.2 Å². The Labute approximate surface area is 173 Å². The number of esters is 1. The molecule has 0 saturated carbocycles. The summed E-state index contributed by atoms with van der Waals surface area (Å²) in [7, 11) is 3.47. The lowest BCUT2D eigenvalue weighted by Gasteiger charge is -2.33. The molecule has 1 saturated heterocycles. The van der Waals surface area contributed by atoms with E-state index in [1.807, 2.05) is 19.1 Å². The average Bonchev–Trinajstić information content (AvgIpc) is 2.62. The molecular formula is C19H30IN3O3. The van der Waals surface area contributed by atoms with E-state index in [9.17, 15) is 4.79 Å². The van der Waals surface area contributed by atoms with Gasteiger partial charge in [-0.3, -0.25) is 9.79 Å². The number of methoxy groups -OCH3 is 1. The highest BCUT2D eigenvalue weighted by Crippen LogP contribution is 2.19. The fourth-order valence-electron chi connectivity index (χ4n) is 3.14. The number of carbonyl (C=O) groups is 1. The van der Waals surface area contributed by atoms with Gasteiger partial charge in [0.15, 0.2) is 5.96 Å². The molecule has 6 nitrogen and oxygen atoms in total. The summed E-state index contributed by atoms with van der Waals surface area (Å²) < 4.78 is 10.5. The summed E-state index contributed by atoms with van der Waals surface area (Å²) in [6.45, 7) is 6.64. The summed E-state index contributed by atoms with van der Waals surface area (Å²) in [4.78, 5) is 18.4. The smallest absolute Gasteiger partial charge is 0.309 e. The molecule has 1 N–H and O–H groups in total. The maximum atomic E-state index is 11.8. The van der Waals surface area contributed by atoms with Gasteiger partial charge in [0.2, 0.25) is 0 Å². The van der Waals surface area contributed by atoms with Gasteiger partial charge in [0.05, 0.1) is 19.6 Å². The molecule has 0 aliphatic carbocycles. The molecule has 1 aliphatic rings. The molecule has 0 unspecified atom stereocenters. The van der Waals surface area contributed by atoms with Crippen LogP contribution in [0.25, 0.3) is 0 Å². The number of guanidine groups is 1. The Balaban J connectivity index is 0.00000338. The maximum Gasteiger partial charge on any atom is 0.309 e. The Morgan fingerprint density at radius 3 is 2.58 bits per heavy atom. The van der Waals surface area contributed by atoms with Gasteiger partial charge in [-0.2, -0.15) is 0 Å². The van der Waals surface area contributed by atoms with Crippen molar-refractivity contribution in [3.05, 3.63) is 29.3 Å². The number of hydrogen-bond donors (Lipinski definition) is 1. The van der Waals surface area contributed by atoms with Crippen LogP contribution in [0.2, 0.25) is 0 Å². The largest absolute Gasteiger partial charge is 0.497 e. The highest BCUT2D eigenvalue weighted by atomic mass is 127. The van der Waals surface area contributed by atoms with Crippen LogP contribution in [0.1, 0.15) is 30.9 Å². The number of likely N-dealkylation sites (tertiary alicyclic amines) is 1. The third-order valence-electron chi connectivity index (χ3n) is 4.42. The van der Waals surface area contributed by atoms with Crippen LogP contribution in [-0.4, -0.2) is 50.7 Å². The molecule has 1 heterocycles. The van der Waals surface area contributed by atoms with E-state index in [2.05, 4.69) is 28.2 Å². The van der Waals surface area contributed by atoms with Crippen LogP contribution in [0.3, 0.4) is 0 Å². The van der Waals surface area contributed by atoms with E-state index < -0.39 is 0 Å². The number of nitrogens with zero attached hydrogens (tertiary/aromatic N) is 2. The molecule has 146 valence electrons. The Kier molecular flexibility index (Phi) is 9.75. The molecule has 0 radical (unpaired) electrons. The molecular weight excluding hydrogens is 445 g/mol. The fraction of sp³-hybridized carbons (Fsp3) is 0.579. The van der Waals surface area contributed by atoms with Crippen LogP contribution in [0, 0.1) is 12.8 Å². The zero-order chi connectivity index (χ0) is 18.2. The van der Waals surface area contributed by atoms with Crippen molar-refractivity contribution in [2.24, 2.45) is 10.9 Å². The van der Waals surface area contributed by atoms with E-state index >= 15 is 0 Å². The second-order valence-corrected chi connectivity index (χ2v) is 6.27. The molecule has 0 atom stereocenters. The highest BCUT2D eigenvalue weighted by Gasteiger charge is 2.27. The Bertz CT molecular complexity index is 614. The summed E-state index contributed by atoms with van der Waals surface area (Å²) in [5.74, 6) is 1.66. The zero-order valence-electron chi connectivity index (χ0n) is 16.1. The van der Waals surface area contributed by atoms with Crippen LogP contribution in [-0.2, 0) is 16.1 Å². The number of carbonyl (C=O) groups excluding carboxylic acids is 1. The molecule has 26 heavy (non-hydrogen) atoms. The van der Waals surface area contributed by atoms with Crippen LogP contribution in [0.15, 0.2) is 23.2 Å². The summed E-state index contributed by atoms with van der Waals surface area (Å²) in [6.07, 6.45) is 1.61. The zero-order valence-corrected chi connectivity index (χ0v) is 18.4. The first-order valence-corrected chi connectivity index (χ1v) is 8.84. The number of halogens is 1.